The van der Waals surface area contributed by atoms with E-state index in [0.717, 1.165) is 22.4 Å². The highest BCUT2D eigenvalue weighted by atomic mass is 15.2. The van der Waals surface area contributed by atoms with E-state index in [1.54, 1.807) is 12.5 Å². The van der Waals surface area contributed by atoms with Gasteiger partial charge < -0.3 is 0 Å². The second-order valence-electron chi connectivity index (χ2n) is 4.34. The summed E-state index contributed by atoms with van der Waals surface area (Å²) in [6.45, 7) is 0. The number of rotatable bonds is 2. The lowest BCUT2D eigenvalue weighted by atomic mass is 10.3. The lowest BCUT2D eigenvalue weighted by Crippen LogP contribution is -1.94. The number of nitrogens with one attached hydrogen (secondary N) is 1. The van der Waals surface area contributed by atoms with Gasteiger partial charge in [0.25, 0.3) is 0 Å². The topological polar surface area (TPSA) is 72.3 Å². The molecular formula is C14H10N6. The van der Waals surface area contributed by atoms with Crippen molar-refractivity contribution in [1.29, 1.82) is 0 Å². The molecule has 4 rings (SSSR count). The Morgan fingerprint density at radius 2 is 1.90 bits per heavy atom. The number of hydrogen-bond acceptors (Lipinski definition) is 4. The largest absolute Gasteiger partial charge is 0.297 e. The molecule has 0 radical (unpaired) electrons. The van der Waals surface area contributed by atoms with Crippen LogP contribution in [-0.2, 0) is 0 Å². The number of aromatic nitrogens is 6. The Morgan fingerprint density at radius 3 is 2.70 bits per heavy atom. The van der Waals surface area contributed by atoms with Crippen LogP contribution in [0.3, 0.4) is 0 Å². The van der Waals surface area contributed by atoms with Crippen LogP contribution in [0.5, 0.6) is 0 Å². The Morgan fingerprint density at radius 1 is 0.950 bits per heavy atom. The van der Waals surface area contributed by atoms with Crippen LogP contribution in [0.4, 0.5) is 0 Å². The first kappa shape index (κ1) is 10.9. The Balaban J connectivity index is 1.79. The van der Waals surface area contributed by atoms with Crippen LogP contribution in [0.15, 0.2) is 55.2 Å². The van der Waals surface area contributed by atoms with E-state index in [1.807, 2.05) is 41.0 Å². The quantitative estimate of drug-likeness (QED) is 0.601. The molecule has 6 heteroatoms. The van der Waals surface area contributed by atoms with Gasteiger partial charge in [-0.2, -0.15) is 5.10 Å². The number of benzene rings is 1. The number of aromatic amines is 1. The van der Waals surface area contributed by atoms with Gasteiger partial charge in [0.2, 0.25) is 0 Å². The molecule has 1 N–H and O–H groups in total. The molecule has 0 bridgehead atoms. The van der Waals surface area contributed by atoms with Crippen LogP contribution in [0.25, 0.3) is 28.2 Å². The van der Waals surface area contributed by atoms with Gasteiger partial charge in [-0.05, 0) is 24.3 Å². The van der Waals surface area contributed by atoms with Gasteiger partial charge in [0.05, 0.1) is 22.9 Å². The van der Waals surface area contributed by atoms with Crippen molar-refractivity contribution in [3.8, 4) is 17.2 Å². The molecule has 0 aliphatic rings. The first-order valence-corrected chi connectivity index (χ1v) is 6.16. The Bertz CT molecular complexity index is 845. The normalized spacial score (nSPS) is 11.0. The number of para-hydroxylation sites is 2. The molecule has 0 aliphatic heterocycles. The second kappa shape index (κ2) is 4.27. The fraction of sp³-hybridized carbons (Fsp3) is 0. The molecule has 6 nitrogen and oxygen atoms in total. The average molecular weight is 262 g/mol. The molecule has 20 heavy (non-hydrogen) atoms. The average Bonchev–Trinajstić information content (AvgIpc) is 3.17. The van der Waals surface area contributed by atoms with Gasteiger partial charge in [0.15, 0.2) is 5.82 Å². The number of nitrogens with zero attached hydrogens (tertiary/aromatic N) is 5. The monoisotopic (exact) mass is 262 g/mol. The zero-order valence-electron chi connectivity index (χ0n) is 10.4. The lowest BCUT2D eigenvalue weighted by molar-refractivity contribution is 1.06. The number of imidazole rings is 1. The van der Waals surface area contributed by atoms with E-state index in [2.05, 4.69) is 25.1 Å². The Hall–Kier alpha value is -3.02. The third kappa shape index (κ3) is 1.66. The van der Waals surface area contributed by atoms with Gasteiger partial charge in [0, 0.05) is 0 Å². The molecule has 0 fully saturated rings. The summed E-state index contributed by atoms with van der Waals surface area (Å²) in [4.78, 5) is 12.9. The molecular weight excluding hydrogens is 252 g/mol. The molecule has 0 unspecified atom stereocenters. The van der Waals surface area contributed by atoms with Crippen molar-refractivity contribution in [3.05, 3.63) is 55.2 Å². The van der Waals surface area contributed by atoms with Gasteiger partial charge in [0.1, 0.15) is 18.3 Å². The van der Waals surface area contributed by atoms with Crippen LogP contribution in [0.1, 0.15) is 0 Å². The van der Waals surface area contributed by atoms with E-state index in [-0.39, 0.29) is 0 Å². The molecule has 3 heterocycles. The number of fused-ring (bicyclic) bond motifs is 1. The highest BCUT2D eigenvalue weighted by molar-refractivity contribution is 5.77. The highest BCUT2D eigenvalue weighted by Crippen LogP contribution is 2.18. The van der Waals surface area contributed by atoms with Crippen LogP contribution in [0.2, 0.25) is 0 Å². The summed E-state index contributed by atoms with van der Waals surface area (Å²) in [5.74, 6) is 0.659. The number of hydrogen-bond donors (Lipinski definition) is 1. The van der Waals surface area contributed by atoms with Crippen molar-refractivity contribution in [3.63, 3.8) is 0 Å². The van der Waals surface area contributed by atoms with Crippen molar-refractivity contribution in [2.75, 3.05) is 0 Å². The zero-order valence-corrected chi connectivity index (χ0v) is 10.4. The van der Waals surface area contributed by atoms with E-state index in [4.69, 9.17) is 0 Å². The molecule has 4 aromatic rings. The maximum absolute atomic E-state index is 4.40. The summed E-state index contributed by atoms with van der Waals surface area (Å²) in [5, 5.41) is 6.62. The smallest absolute Gasteiger partial charge is 0.174 e. The van der Waals surface area contributed by atoms with E-state index < -0.39 is 0 Å². The predicted octanol–water partition coefficient (Wildman–Crippen LogP) is 2.21. The molecule has 0 atom stereocenters. The summed E-state index contributed by atoms with van der Waals surface area (Å²) >= 11 is 0. The first-order chi connectivity index (χ1) is 9.92. The standard InChI is InChI=1S/C14H10N6/c1-2-4-13-11(3-1)17-9-20(13)10-5-6-12(15-7-10)14-16-8-18-19-14/h1-9H,(H,16,18,19). The maximum atomic E-state index is 4.40. The number of pyridine rings is 1. The highest BCUT2D eigenvalue weighted by Gasteiger charge is 2.06. The minimum Gasteiger partial charge on any atom is -0.297 e. The van der Waals surface area contributed by atoms with E-state index in [0.29, 0.717) is 5.82 Å². The molecule has 0 aliphatic carbocycles. The molecule has 0 saturated heterocycles. The minimum atomic E-state index is 0.659. The van der Waals surface area contributed by atoms with Crippen molar-refractivity contribution in [2.45, 2.75) is 0 Å². The van der Waals surface area contributed by atoms with Crippen LogP contribution < -0.4 is 0 Å². The lowest BCUT2D eigenvalue weighted by Gasteiger charge is -2.04. The Kier molecular flexibility index (Phi) is 2.32. The van der Waals surface area contributed by atoms with Gasteiger partial charge in [-0.1, -0.05) is 12.1 Å². The van der Waals surface area contributed by atoms with Gasteiger partial charge in [-0.3, -0.25) is 14.6 Å². The van der Waals surface area contributed by atoms with Gasteiger partial charge in [-0.15, -0.1) is 0 Å². The molecule has 1 aromatic carbocycles. The fourth-order valence-electron chi connectivity index (χ4n) is 2.16. The van der Waals surface area contributed by atoms with Gasteiger partial charge in [-0.25, -0.2) is 9.97 Å². The summed E-state index contributed by atoms with van der Waals surface area (Å²) in [7, 11) is 0. The van der Waals surface area contributed by atoms with E-state index in [9.17, 15) is 0 Å². The van der Waals surface area contributed by atoms with Crippen molar-refractivity contribution in [2.24, 2.45) is 0 Å². The first-order valence-electron chi connectivity index (χ1n) is 6.16. The van der Waals surface area contributed by atoms with Crippen molar-refractivity contribution in [1.82, 2.24) is 29.7 Å². The Labute approximate surface area is 114 Å². The summed E-state index contributed by atoms with van der Waals surface area (Å²) < 4.78 is 2.01. The minimum absolute atomic E-state index is 0.659. The van der Waals surface area contributed by atoms with Gasteiger partial charge >= 0.3 is 0 Å². The maximum Gasteiger partial charge on any atom is 0.174 e. The molecule has 0 spiro atoms. The summed E-state index contributed by atoms with van der Waals surface area (Å²) in [5.41, 5.74) is 3.74. The molecule has 0 amide bonds. The fourth-order valence-corrected chi connectivity index (χ4v) is 2.16. The second-order valence-corrected chi connectivity index (χ2v) is 4.34. The van der Waals surface area contributed by atoms with Crippen molar-refractivity contribution >= 4 is 11.0 Å². The zero-order chi connectivity index (χ0) is 13.4. The van der Waals surface area contributed by atoms with Crippen LogP contribution in [0, 0.1) is 0 Å². The van der Waals surface area contributed by atoms with E-state index >= 15 is 0 Å². The van der Waals surface area contributed by atoms with Crippen molar-refractivity contribution < 1.29 is 0 Å². The van der Waals surface area contributed by atoms with Crippen LogP contribution >= 0.6 is 0 Å². The molecule has 0 saturated carbocycles. The molecule has 96 valence electrons. The summed E-state index contributed by atoms with van der Waals surface area (Å²) in [6.07, 6.45) is 5.07. The molecule has 3 aromatic heterocycles. The predicted molar refractivity (Wildman–Crippen MR) is 74.2 cm³/mol. The number of H-pyrrole nitrogens is 1. The van der Waals surface area contributed by atoms with Crippen LogP contribution in [-0.4, -0.2) is 29.7 Å². The third-order valence-corrected chi connectivity index (χ3v) is 3.14. The van der Waals surface area contributed by atoms with E-state index in [1.165, 1.54) is 6.33 Å². The SMILES string of the molecule is c1ccc2c(c1)ncn2-c1ccc(-c2ncn[nH]2)nc1. The summed E-state index contributed by atoms with van der Waals surface area (Å²) in [6, 6.07) is 11.9. The third-order valence-electron chi connectivity index (χ3n) is 3.14.